The molecule has 1 aromatic rings. The van der Waals surface area contributed by atoms with E-state index < -0.39 is 17.6 Å². The van der Waals surface area contributed by atoms with E-state index >= 15 is 0 Å². The van der Waals surface area contributed by atoms with Crippen LogP contribution in [0.3, 0.4) is 0 Å². The molecular weight excluding hydrogens is 270 g/mol. The summed E-state index contributed by atoms with van der Waals surface area (Å²) in [6.45, 7) is 4.39. The van der Waals surface area contributed by atoms with Gasteiger partial charge in [0.1, 0.15) is 5.82 Å². The lowest BCUT2D eigenvalue weighted by Gasteiger charge is -2.35. The van der Waals surface area contributed by atoms with Gasteiger partial charge in [-0.3, -0.25) is 0 Å². The number of anilines is 1. The first-order valence-electron chi connectivity index (χ1n) is 6.81. The number of alkyl halides is 3. The highest BCUT2D eigenvalue weighted by atomic mass is 19.4. The molecule has 0 bridgehead atoms. The van der Waals surface area contributed by atoms with E-state index in [0.717, 1.165) is 31.7 Å². The van der Waals surface area contributed by atoms with E-state index in [9.17, 15) is 17.6 Å². The zero-order valence-electron chi connectivity index (χ0n) is 11.6. The van der Waals surface area contributed by atoms with Crippen molar-refractivity contribution in [2.75, 3.05) is 5.32 Å². The number of hydrogen-bond donors (Lipinski definition) is 1. The average molecular weight is 289 g/mol. The first-order chi connectivity index (χ1) is 9.17. The lowest BCUT2D eigenvalue weighted by atomic mass is 9.75. The minimum atomic E-state index is -4.51. The normalized spacial score (nSPS) is 19.9. The van der Waals surface area contributed by atoms with Crippen molar-refractivity contribution in [3.63, 3.8) is 0 Å². The van der Waals surface area contributed by atoms with Crippen molar-refractivity contribution in [1.82, 2.24) is 0 Å². The van der Waals surface area contributed by atoms with Gasteiger partial charge in [0.05, 0.1) is 11.3 Å². The molecule has 1 nitrogen and oxygen atoms in total. The summed E-state index contributed by atoms with van der Waals surface area (Å²) in [6, 6.07) is 2.78. The second-order valence-corrected chi connectivity index (χ2v) is 6.28. The van der Waals surface area contributed by atoms with Gasteiger partial charge in [-0.15, -0.1) is 0 Å². The van der Waals surface area contributed by atoms with Crippen LogP contribution in [0.25, 0.3) is 0 Å². The Hall–Kier alpha value is -1.26. The molecule has 5 heteroatoms. The van der Waals surface area contributed by atoms with E-state index in [2.05, 4.69) is 19.2 Å². The minimum absolute atomic E-state index is 0.134. The van der Waals surface area contributed by atoms with Gasteiger partial charge in [-0.25, -0.2) is 4.39 Å². The monoisotopic (exact) mass is 289 g/mol. The Kier molecular flexibility index (Phi) is 3.98. The van der Waals surface area contributed by atoms with Crippen LogP contribution >= 0.6 is 0 Å². The average Bonchev–Trinajstić information content (AvgIpc) is 2.33. The van der Waals surface area contributed by atoms with E-state index in [1.165, 1.54) is 6.07 Å². The molecule has 0 aromatic heterocycles. The van der Waals surface area contributed by atoms with Gasteiger partial charge in [0.25, 0.3) is 0 Å². The predicted molar refractivity (Wildman–Crippen MR) is 71.1 cm³/mol. The predicted octanol–water partition coefficient (Wildman–Crippen LogP) is 5.23. The first-order valence-corrected chi connectivity index (χ1v) is 6.81. The van der Waals surface area contributed by atoms with Gasteiger partial charge in [0.2, 0.25) is 0 Å². The smallest absolute Gasteiger partial charge is 0.380 e. The molecule has 2 rings (SSSR count). The Morgan fingerprint density at radius 3 is 2.25 bits per heavy atom. The Balaban J connectivity index is 2.04. The Bertz CT molecular complexity index is 469. The molecule has 1 fully saturated rings. The summed E-state index contributed by atoms with van der Waals surface area (Å²) in [5.41, 5.74) is -0.496. The van der Waals surface area contributed by atoms with Crippen LogP contribution < -0.4 is 5.32 Å². The van der Waals surface area contributed by atoms with Crippen molar-refractivity contribution < 1.29 is 17.6 Å². The molecule has 1 aliphatic carbocycles. The van der Waals surface area contributed by atoms with Crippen molar-refractivity contribution >= 4 is 5.69 Å². The van der Waals surface area contributed by atoms with E-state index in [1.54, 1.807) is 0 Å². The maximum Gasteiger partial charge on any atom is 0.416 e. The molecule has 1 N–H and O–H groups in total. The van der Waals surface area contributed by atoms with E-state index in [-0.39, 0.29) is 11.7 Å². The van der Waals surface area contributed by atoms with E-state index in [0.29, 0.717) is 11.5 Å². The lowest BCUT2D eigenvalue weighted by Crippen LogP contribution is -2.30. The highest BCUT2D eigenvalue weighted by Gasteiger charge is 2.32. The van der Waals surface area contributed by atoms with Gasteiger partial charge < -0.3 is 5.32 Å². The zero-order chi connectivity index (χ0) is 15.0. The third-order valence-electron chi connectivity index (χ3n) is 4.00. The maximum atomic E-state index is 13.7. The highest BCUT2D eigenvalue weighted by Crippen LogP contribution is 2.37. The van der Waals surface area contributed by atoms with Gasteiger partial charge in [-0.2, -0.15) is 13.2 Å². The van der Waals surface area contributed by atoms with Crippen molar-refractivity contribution in [2.45, 2.75) is 51.7 Å². The molecule has 1 saturated carbocycles. The van der Waals surface area contributed by atoms with Gasteiger partial charge >= 0.3 is 6.18 Å². The SMILES string of the molecule is CC1(C)CCC(Nc2ccc(C(F)(F)F)cc2F)CC1. The van der Waals surface area contributed by atoms with Gasteiger partial charge in [-0.05, 0) is 49.3 Å². The van der Waals surface area contributed by atoms with Gasteiger partial charge in [0, 0.05) is 6.04 Å². The summed E-state index contributed by atoms with van der Waals surface area (Å²) >= 11 is 0. The molecule has 0 unspecified atom stereocenters. The number of nitrogens with one attached hydrogen (secondary N) is 1. The molecular formula is C15H19F4N. The second kappa shape index (κ2) is 5.26. The van der Waals surface area contributed by atoms with Crippen LogP contribution in [-0.2, 0) is 6.18 Å². The first kappa shape index (κ1) is 15.1. The molecule has 0 aliphatic heterocycles. The van der Waals surface area contributed by atoms with Gasteiger partial charge in [-0.1, -0.05) is 13.8 Å². The third-order valence-corrected chi connectivity index (χ3v) is 4.00. The number of benzene rings is 1. The van der Waals surface area contributed by atoms with Crippen LogP contribution in [0.1, 0.15) is 45.1 Å². The molecule has 0 saturated heterocycles. The number of rotatable bonds is 2. The standard InChI is InChI=1S/C15H19F4N/c1-14(2)7-5-11(6-8-14)20-13-4-3-10(9-12(13)16)15(17,18)19/h3-4,9,11,20H,5-8H2,1-2H3. The van der Waals surface area contributed by atoms with Crippen molar-refractivity contribution in [3.8, 4) is 0 Å². The topological polar surface area (TPSA) is 12.0 Å². The molecule has 0 heterocycles. The fraction of sp³-hybridized carbons (Fsp3) is 0.600. The van der Waals surface area contributed by atoms with Crippen LogP contribution in [0.4, 0.5) is 23.2 Å². The summed E-state index contributed by atoms with van der Waals surface area (Å²) in [4.78, 5) is 0. The van der Waals surface area contributed by atoms with Gasteiger partial charge in [0.15, 0.2) is 0 Å². The Labute approximate surface area is 116 Å². The lowest BCUT2D eigenvalue weighted by molar-refractivity contribution is -0.137. The molecule has 0 amide bonds. The van der Waals surface area contributed by atoms with Crippen LogP contribution in [0.15, 0.2) is 18.2 Å². The Morgan fingerprint density at radius 2 is 1.75 bits per heavy atom. The number of halogens is 4. The van der Waals surface area contributed by atoms with E-state index in [4.69, 9.17) is 0 Å². The Morgan fingerprint density at radius 1 is 1.15 bits per heavy atom. The van der Waals surface area contributed by atoms with Crippen LogP contribution in [0.5, 0.6) is 0 Å². The molecule has 0 radical (unpaired) electrons. The third kappa shape index (κ3) is 3.64. The van der Waals surface area contributed by atoms with E-state index in [1.807, 2.05) is 0 Å². The number of hydrogen-bond acceptors (Lipinski definition) is 1. The highest BCUT2D eigenvalue weighted by molar-refractivity contribution is 5.47. The zero-order valence-corrected chi connectivity index (χ0v) is 11.6. The van der Waals surface area contributed by atoms with Crippen molar-refractivity contribution in [3.05, 3.63) is 29.6 Å². The van der Waals surface area contributed by atoms with Crippen molar-refractivity contribution in [1.29, 1.82) is 0 Å². The summed E-state index contributed by atoms with van der Waals surface area (Å²) in [5.74, 6) is -0.843. The summed E-state index contributed by atoms with van der Waals surface area (Å²) in [6.07, 6.45) is -0.616. The van der Waals surface area contributed by atoms with Crippen LogP contribution in [-0.4, -0.2) is 6.04 Å². The minimum Gasteiger partial charge on any atom is -0.380 e. The maximum absolute atomic E-state index is 13.7. The molecule has 1 aromatic carbocycles. The molecule has 0 atom stereocenters. The second-order valence-electron chi connectivity index (χ2n) is 6.28. The summed E-state index contributed by atoms with van der Waals surface area (Å²) in [5, 5.41) is 3.02. The summed E-state index contributed by atoms with van der Waals surface area (Å²) in [7, 11) is 0. The fourth-order valence-electron chi connectivity index (χ4n) is 2.57. The van der Waals surface area contributed by atoms with Crippen LogP contribution in [0, 0.1) is 11.2 Å². The van der Waals surface area contributed by atoms with Crippen LogP contribution in [0.2, 0.25) is 0 Å². The molecule has 112 valence electrons. The fourth-order valence-corrected chi connectivity index (χ4v) is 2.57. The quantitative estimate of drug-likeness (QED) is 0.735. The largest absolute Gasteiger partial charge is 0.416 e. The molecule has 1 aliphatic rings. The van der Waals surface area contributed by atoms with Crippen molar-refractivity contribution in [2.24, 2.45) is 5.41 Å². The summed E-state index contributed by atoms with van der Waals surface area (Å²) < 4.78 is 51.1. The molecule has 0 spiro atoms. The molecule has 20 heavy (non-hydrogen) atoms.